The van der Waals surface area contributed by atoms with Crippen molar-refractivity contribution in [1.82, 2.24) is 19.9 Å². The van der Waals surface area contributed by atoms with E-state index in [1.165, 1.54) is 6.33 Å². The number of nitrogens with one attached hydrogen (secondary N) is 1. The molecule has 0 aliphatic heterocycles. The molecule has 102 valence electrons. The van der Waals surface area contributed by atoms with E-state index >= 15 is 0 Å². The van der Waals surface area contributed by atoms with Gasteiger partial charge in [0.15, 0.2) is 5.52 Å². The maximum Gasteiger partial charge on any atom is 0.243 e. The minimum atomic E-state index is 0.456. The van der Waals surface area contributed by atoms with Crippen LogP contribution in [0.2, 0.25) is 0 Å². The molecule has 3 heterocycles. The van der Waals surface area contributed by atoms with Crippen LogP contribution in [0.3, 0.4) is 0 Å². The fourth-order valence-corrected chi connectivity index (χ4v) is 2.31. The summed E-state index contributed by atoms with van der Waals surface area (Å²) < 4.78 is 5.84. The Morgan fingerprint density at radius 1 is 0.952 bits per heavy atom. The number of hydrogen-bond acceptors (Lipinski definition) is 4. The Kier molecular flexibility index (Phi) is 2.74. The van der Waals surface area contributed by atoms with Gasteiger partial charge in [-0.05, 0) is 17.7 Å². The number of aromatic nitrogens is 4. The highest BCUT2D eigenvalue weighted by Gasteiger charge is 2.12. The van der Waals surface area contributed by atoms with Gasteiger partial charge in [0, 0.05) is 6.20 Å². The van der Waals surface area contributed by atoms with Gasteiger partial charge >= 0.3 is 0 Å². The van der Waals surface area contributed by atoms with E-state index in [1.807, 2.05) is 48.7 Å². The Morgan fingerprint density at radius 2 is 1.81 bits per heavy atom. The van der Waals surface area contributed by atoms with Crippen molar-refractivity contribution in [1.29, 1.82) is 0 Å². The molecule has 0 atom stereocenters. The summed E-state index contributed by atoms with van der Waals surface area (Å²) in [5.74, 6) is 0.512. The lowest BCUT2D eigenvalue weighted by Crippen LogP contribution is -1.99. The van der Waals surface area contributed by atoms with Crippen LogP contribution in [-0.2, 0) is 6.61 Å². The van der Waals surface area contributed by atoms with E-state index in [-0.39, 0.29) is 0 Å². The lowest BCUT2D eigenvalue weighted by atomic mass is 10.2. The van der Waals surface area contributed by atoms with Crippen molar-refractivity contribution in [2.45, 2.75) is 6.61 Å². The molecule has 0 fully saturated rings. The van der Waals surface area contributed by atoms with Gasteiger partial charge in [0.1, 0.15) is 18.5 Å². The number of fused-ring (bicyclic) bond motifs is 3. The van der Waals surface area contributed by atoms with E-state index < -0.39 is 0 Å². The number of H-pyrrole nitrogens is 1. The number of rotatable bonds is 3. The molecule has 5 heteroatoms. The number of ether oxygens (including phenoxy) is 1. The van der Waals surface area contributed by atoms with Crippen molar-refractivity contribution in [3.63, 3.8) is 0 Å². The Morgan fingerprint density at radius 3 is 2.71 bits per heavy atom. The Bertz CT molecular complexity index is 902. The standard InChI is InChI=1S/C16H12N4O/c1-2-5-11(6-3-1)9-21-16-15-14(18-10-19-15)13-12(20-16)7-4-8-17-13/h1-8,10,17H,9H2. The summed E-state index contributed by atoms with van der Waals surface area (Å²) in [4.78, 5) is 16.3. The molecule has 0 saturated heterocycles. The van der Waals surface area contributed by atoms with Crippen molar-refractivity contribution in [3.05, 3.63) is 60.6 Å². The van der Waals surface area contributed by atoms with E-state index in [9.17, 15) is 0 Å². The largest absolute Gasteiger partial charge is 0.471 e. The molecule has 0 amide bonds. The molecule has 0 aliphatic rings. The molecule has 3 aromatic heterocycles. The lowest BCUT2D eigenvalue weighted by molar-refractivity contribution is 0.298. The monoisotopic (exact) mass is 276 g/mol. The zero-order valence-corrected chi connectivity index (χ0v) is 11.2. The van der Waals surface area contributed by atoms with Gasteiger partial charge in [-0.3, -0.25) is 0 Å². The van der Waals surface area contributed by atoms with E-state index in [1.54, 1.807) is 0 Å². The van der Waals surface area contributed by atoms with Gasteiger partial charge in [0.25, 0.3) is 0 Å². The van der Waals surface area contributed by atoms with Gasteiger partial charge in [-0.25, -0.2) is 15.0 Å². The Balaban J connectivity index is 1.78. The summed E-state index contributed by atoms with van der Waals surface area (Å²) in [6, 6.07) is 13.8. The highest BCUT2D eigenvalue weighted by Crippen LogP contribution is 2.27. The smallest absolute Gasteiger partial charge is 0.243 e. The van der Waals surface area contributed by atoms with E-state index in [0.717, 1.165) is 22.1 Å². The molecule has 0 unspecified atom stereocenters. The first-order chi connectivity index (χ1) is 10.4. The predicted octanol–water partition coefficient (Wildman–Crippen LogP) is 3.09. The van der Waals surface area contributed by atoms with Crippen LogP contribution in [0.1, 0.15) is 5.56 Å². The van der Waals surface area contributed by atoms with Crippen molar-refractivity contribution in [3.8, 4) is 5.88 Å². The molecular formula is C16H12N4O. The van der Waals surface area contributed by atoms with E-state index in [2.05, 4.69) is 19.9 Å². The zero-order chi connectivity index (χ0) is 14.1. The first-order valence-electron chi connectivity index (χ1n) is 6.66. The predicted molar refractivity (Wildman–Crippen MR) is 80.0 cm³/mol. The molecule has 0 radical (unpaired) electrons. The van der Waals surface area contributed by atoms with Crippen LogP contribution >= 0.6 is 0 Å². The van der Waals surface area contributed by atoms with Crippen LogP contribution in [0.5, 0.6) is 5.88 Å². The van der Waals surface area contributed by atoms with Crippen molar-refractivity contribution >= 4 is 22.1 Å². The molecule has 21 heavy (non-hydrogen) atoms. The third kappa shape index (κ3) is 2.08. The minimum Gasteiger partial charge on any atom is -0.471 e. The SMILES string of the molecule is c1ccc(COc2nc3ccc[nH]c3c3ncnc23)cc1. The number of pyridine rings is 2. The van der Waals surface area contributed by atoms with Crippen LogP contribution < -0.4 is 4.74 Å². The molecule has 0 saturated carbocycles. The number of nitrogens with zero attached hydrogens (tertiary/aromatic N) is 3. The molecule has 4 rings (SSSR count). The Hall–Kier alpha value is -2.95. The molecule has 5 nitrogen and oxygen atoms in total. The summed E-state index contributed by atoms with van der Waals surface area (Å²) in [6.07, 6.45) is 3.38. The molecular weight excluding hydrogens is 264 g/mol. The fourth-order valence-electron chi connectivity index (χ4n) is 2.31. The third-order valence-electron chi connectivity index (χ3n) is 3.31. The number of hydrogen-bond donors (Lipinski definition) is 1. The highest BCUT2D eigenvalue weighted by atomic mass is 16.5. The number of aromatic amines is 1. The highest BCUT2D eigenvalue weighted by molar-refractivity contribution is 6.01. The van der Waals surface area contributed by atoms with Gasteiger partial charge < -0.3 is 9.72 Å². The Labute approximate surface area is 120 Å². The van der Waals surface area contributed by atoms with Crippen LogP contribution in [0.25, 0.3) is 22.1 Å². The average molecular weight is 276 g/mol. The summed E-state index contributed by atoms with van der Waals surface area (Å²) in [5, 5.41) is 0. The molecule has 1 N–H and O–H groups in total. The van der Waals surface area contributed by atoms with Gasteiger partial charge in [0.2, 0.25) is 5.88 Å². The van der Waals surface area contributed by atoms with Crippen molar-refractivity contribution in [2.24, 2.45) is 0 Å². The van der Waals surface area contributed by atoms with Gasteiger partial charge in [-0.15, -0.1) is 0 Å². The summed E-state index contributed by atoms with van der Waals surface area (Å²) in [7, 11) is 0. The summed E-state index contributed by atoms with van der Waals surface area (Å²) in [6.45, 7) is 0.456. The molecule has 1 aromatic carbocycles. The normalized spacial score (nSPS) is 11.0. The first kappa shape index (κ1) is 11.8. The number of imidazole rings is 1. The summed E-state index contributed by atoms with van der Waals surface area (Å²) in [5.41, 5.74) is 4.24. The van der Waals surface area contributed by atoms with E-state index in [0.29, 0.717) is 18.0 Å². The fraction of sp³-hybridized carbons (Fsp3) is 0.0625. The average Bonchev–Trinajstić information content (AvgIpc) is 3.04. The molecule has 0 aliphatic carbocycles. The maximum atomic E-state index is 5.84. The van der Waals surface area contributed by atoms with Gasteiger partial charge in [0.05, 0.1) is 11.0 Å². The van der Waals surface area contributed by atoms with Crippen LogP contribution in [0.15, 0.2) is 55.0 Å². The minimum absolute atomic E-state index is 0.456. The number of benzene rings is 1. The second-order valence-electron chi connectivity index (χ2n) is 4.69. The summed E-state index contributed by atoms with van der Waals surface area (Å²) >= 11 is 0. The second-order valence-corrected chi connectivity index (χ2v) is 4.69. The lowest BCUT2D eigenvalue weighted by Gasteiger charge is -2.07. The topological polar surface area (TPSA) is 63.7 Å². The third-order valence-corrected chi connectivity index (χ3v) is 3.31. The second kappa shape index (κ2) is 4.86. The van der Waals surface area contributed by atoms with Crippen molar-refractivity contribution < 1.29 is 4.74 Å². The molecule has 0 bridgehead atoms. The molecule has 0 spiro atoms. The van der Waals surface area contributed by atoms with Crippen LogP contribution in [0, 0.1) is 0 Å². The zero-order valence-electron chi connectivity index (χ0n) is 11.2. The first-order valence-corrected chi connectivity index (χ1v) is 6.66. The van der Waals surface area contributed by atoms with Gasteiger partial charge in [-0.2, -0.15) is 0 Å². The van der Waals surface area contributed by atoms with Crippen LogP contribution in [0.4, 0.5) is 0 Å². The van der Waals surface area contributed by atoms with Crippen LogP contribution in [-0.4, -0.2) is 19.9 Å². The van der Waals surface area contributed by atoms with Crippen molar-refractivity contribution in [2.75, 3.05) is 0 Å². The van der Waals surface area contributed by atoms with E-state index in [4.69, 9.17) is 4.74 Å². The molecule has 4 aromatic rings. The quantitative estimate of drug-likeness (QED) is 0.624. The van der Waals surface area contributed by atoms with Gasteiger partial charge in [-0.1, -0.05) is 30.3 Å². The maximum absolute atomic E-state index is 5.84.